The largest absolute Gasteiger partial charge is 0.459 e. The molecule has 9 heteroatoms. The molecule has 4 rings (SSSR count). The number of aromatic nitrogens is 1. The van der Waals surface area contributed by atoms with Crippen molar-refractivity contribution in [2.75, 3.05) is 19.6 Å². The summed E-state index contributed by atoms with van der Waals surface area (Å²) in [6.07, 6.45) is 2.35. The normalized spacial score (nSPS) is 15.8. The lowest BCUT2D eigenvalue weighted by Crippen LogP contribution is -2.58. The number of carbonyl (C=O) groups is 1. The molecule has 0 amide bonds. The van der Waals surface area contributed by atoms with Gasteiger partial charge in [-0.3, -0.25) is 9.69 Å². The van der Waals surface area contributed by atoms with Crippen molar-refractivity contribution in [3.8, 4) is 0 Å². The predicted molar refractivity (Wildman–Crippen MR) is 103 cm³/mol. The van der Waals surface area contributed by atoms with E-state index >= 15 is 0 Å². The third-order valence-corrected chi connectivity index (χ3v) is 5.06. The fraction of sp³-hybridized carbons (Fsp3) is 0.381. The van der Waals surface area contributed by atoms with Crippen molar-refractivity contribution < 1.29 is 38.4 Å². The van der Waals surface area contributed by atoms with Gasteiger partial charge in [-0.05, 0) is 38.1 Å². The third-order valence-electron chi connectivity index (χ3n) is 5.06. The SMILES string of the molecule is CC(=O)OC(CN1CCCC1)Cn1c2ccccc2c2ccccc21.[O-][Cl+3]([O-])([O-])O. The van der Waals surface area contributed by atoms with Gasteiger partial charge in [0.15, 0.2) is 0 Å². The summed E-state index contributed by atoms with van der Waals surface area (Å²) >= 11 is 0. The summed E-state index contributed by atoms with van der Waals surface area (Å²) in [7, 11) is -4.69. The number of nitrogens with zero attached hydrogens (tertiary/aromatic N) is 2. The first-order valence-electron chi connectivity index (χ1n) is 9.71. The number of benzene rings is 2. The molecule has 1 N–H and O–H groups in total. The number of fused-ring (bicyclic) bond motifs is 3. The Morgan fingerprint density at radius 1 is 1.00 bits per heavy atom. The molecule has 1 unspecified atom stereocenters. The fourth-order valence-corrected chi connectivity index (χ4v) is 4.02. The van der Waals surface area contributed by atoms with Crippen LogP contribution in [0.1, 0.15) is 19.8 Å². The molecule has 3 aromatic rings. The summed E-state index contributed by atoms with van der Waals surface area (Å²) in [5.41, 5.74) is 2.39. The number of hydrogen-bond acceptors (Lipinski definition) is 7. The summed E-state index contributed by atoms with van der Waals surface area (Å²) in [6, 6.07) is 16.9. The molecule has 0 saturated carbocycles. The molecule has 2 heterocycles. The average molecular weight is 437 g/mol. The van der Waals surface area contributed by atoms with E-state index in [2.05, 4.69) is 58.0 Å². The molecular weight excluding hydrogens is 412 g/mol. The lowest BCUT2D eigenvalue weighted by molar-refractivity contribution is -1.92. The summed E-state index contributed by atoms with van der Waals surface area (Å²) in [4.78, 5) is 14.0. The molecule has 8 nitrogen and oxygen atoms in total. The monoisotopic (exact) mass is 436 g/mol. The van der Waals surface area contributed by atoms with Crippen LogP contribution in [0.15, 0.2) is 48.5 Å². The molecular formula is C21H25ClN2O6. The Balaban J connectivity index is 0.000000461. The maximum Gasteiger partial charge on any atom is 0.303 e. The first-order chi connectivity index (χ1) is 14.2. The van der Waals surface area contributed by atoms with E-state index in [-0.39, 0.29) is 12.1 Å². The topological polar surface area (TPSA) is 124 Å². The second-order valence-corrected chi connectivity index (χ2v) is 8.07. The molecule has 1 aromatic heterocycles. The van der Waals surface area contributed by atoms with Crippen LogP contribution in [0.2, 0.25) is 0 Å². The van der Waals surface area contributed by atoms with E-state index in [1.165, 1.54) is 41.6 Å². The van der Waals surface area contributed by atoms with Crippen LogP contribution in [-0.4, -0.2) is 45.8 Å². The number of likely N-dealkylation sites (tertiary alicyclic amines) is 1. The molecule has 0 bridgehead atoms. The Hall–Kier alpha value is -2.20. The van der Waals surface area contributed by atoms with Gasteiger partial charge in [-0.1, -0.05) is 36.4 Å². The van der Waals surface area contributed by atoms with E-state index in [0.717, 1.165) is 19.6 Å². The van der Waals surface area contributed by atoms with Gasteiger partial charge in [0.05, 0.1) is 21.4 Å². The van der Waals surface area contributed by atoms with E-state index in [0.29, 0.717) is 6.54 Å². The van der Waals surface area contributed by atoms with Gasteiger partial charge in [0, 0.05) is 35.3 Å². The Labute approximate surface area is 176 Å². The Morgan fingerprint density at radius 3 is 1.93 bits per heavy atom. The predicted octanol–water partition coefficient (Wildman–Crippen LogP) is -0.302. The zero-order chi connectivity index (χ0) is 21.7. The van der Waals surface area contributed by atoms with Crippen LogP contribution in [0.5, 0.6) is 0 Å². The van der Waals surface area contributed by atoms with E-state index in [1.807, 2.05) is 0 Å². The lowest BCUT2D eigenvalue weighted by atomic mass is 10.2. The Bertz CT molecular complexity index is 935. The van der Waals surface area contributed by atoms with Gasteiger partial charge in [0.1, 0.15) is 6.10 Å². The molecule has 0 aliphatic carbocycles. The molecule has 2 aromatic carbocycles. The molecule has 1 aliphatic rings. The van der Waals surface area contributed by atoms with Crippen LogP contribution in [0.25, 0.3) is 21.8 Å². The van der Waals surface area contributed by atoms with Gasteiger partial charge < -0.3 is 9.30 Å². The van der Waals surface area contributed by atoms with Gasteiger partial charge in [-0.2, -0.15) is 14.0 Å². The molecule has 162 valence electrons. The van der Waals surface area contributed by atoms with E-state index < -0.39 is 10.2 Å². The van der Waals surface area contributed by atoms with Crippen molar-refractivity contribution in [3.63, 3.8) is 0 Å². The van der Waals surface area contributed by atoms with E-state index in [4.69, 9.17) is 23.4 Å². The first kappa shape index (κ1) is 22.5. The van der Waals surface area contributed by atoms with Crippen molar-refractivity contribution in [3.05, 3.63) is 48.5 Å². The van der Waals surface area contributed by atoms with Crippen LogP contribution in [0.3, 0.4) is 0 Å². The number of carbonyl (C=O) groups excluding carboxylic acids is 1. The minimum Gasteiger partial charge on any atom is -0.459 e. The minimum absolute atomic E-state index is 0.130. The second kappa shape index (κ2) is 9.74. The molecule has 0 spiro atoms. The number of halogens is 1. The van der Waals surface area contributed by atoms with Gasteiger partial charge in [0.25, 0.3) is 0 Å². The molecule has 1 saturated heterocycles. The number of ether oxygens (including phenoxy) is 1. The quantitative estimate of drug-likeness (QED) is 0.544. The number of esters is 1. The standard InChI is InChI=1S/C21H24N2O2.ClHO4/c1-16(24)25-17(14-22-12-6-7-13-22)15-23-20-10-4-2-8-18(20)19-9-3-5-11-21(19)23;2-1(3,4)5/h2-5,8-11,17H,6-7,12-15H2,1H3;(H,2,3,4,5). The molecule has 0 radical (unpaired) electrons. The van der Waals surface area contributed by atoms with E-state index in [9.17, 15) is 4.79 Å². The average Bonchev–Trinajstić information content (AvgIpc) is 3.27. The minimum atomic E-state index is -4.69. The van der Waals surface area contributed by atoms with Crippen molar-refractivity contribution >= 4 is 27.8 Å². The van der Waals surface area contributed by atoms with Gasteiger partial charge >= 0.3 is 5.97 Å². The Kier molecular flexibility index (Phi) is 7.30. The molecule has 1 aliphatic heterocycles. The van der Waals surface area contributed by atoms with Crippen molar-refractivity contribution in [2.45, 2.75) is 32.4 Å². The van der Waals surface area contributed by atoms with Crippen LogP contribution in [0, 0.1) is 10.2 Å². The summed E-state index contributed by atoms with van der Waals surface area (Å²) in [5.74, 6) is -0.204. The van der Waals surface area contributed by atoms with Crippen LogP contribution in [0.4, 0.5) is 0 Å². The summed E-state index contributed by atoms with van der Waals surface area (Å²) < 4.78 is 40.7. The molecule has 1 atom stereocenters. The zero-order valence-corrected chi connectivity index (χ0v) is 17.5. The number of hydrogen-bond donors (Lipinski definition) is 1. The Morgan fingerprint density at radius 2 is 1.47 bits per heavy atom. The summed E-state index contributed by atoms with van der Waals surface area (Å²) in [5, 5.41) is 2.50. The van der Waals surface area contributed by atoms with Gasteiger partial charge in [-0.15, -0.1) is 0 Å². The van der Waals surface area contributed by atoms with Crippen molar-refractivity contribution in [2.24, 2.45) is 0 Å². The molecule has 30 heavy (non-hydrogen) atoms. The van der Waals surface area contributed by atoms with Crippen LogP contribution < -0.4 is 14.0 Å². The highest BCUT2D eigenvalue weighted by Gasteiger charge is 2.22. The smallest absolute Gasteiger partial charge is 0.303 e. The zero-order valence-electron chi connectivity index (χ0n) is 16.7. The highest BCUT2D eigenvalue weighted by Crippen LogP contribution is 2.29. The number of para-hydroxylation sites is 2. The van der Waals surface area contributed by atoms with Gasteiger partial charge in [0.2, 0.25) is 0 Å². The maximum absolute atomic E-state index is 11.6. The van der Waals surface area contributed by atoms with Crippen LogP contribution in [-0.2, 0) is 16.1 Å². The fourth-order valence-electron chi connectivity index (χ4n) is 4.02. The highest BCUT2D eigenvalue weighted by molar-refractivity contribution is 6.07. The van der Waals surface area contributed by atoms with E-state index in [1.54, 1.807) is 0 Å². The lowest BCUT2D eigenvalue weighted by Gasteiger charge is -2.24. The first-order valence-corrected chi connectivity index (χ1v) is 11.0. The number of rotatable bonds is 5. The summed E-state index contributed by atoms with van der Waals surface area (Å²) in [6.45, 7) is 5.20. The third kappa shape index (κ3) is 6.15. The highest BCUT2D eigenvalue weighted by atomic mass is 35.7. The second-order valence-electron chi connectivity index (χ2n) is 7.28. The van der Waals surface area contributed by atoms with Crippen molar-refractivity contribution in [1.29, 1.82) is 0 Å². The maximum atomic E-state index is 11.6. The van der Waals surface area contributed by atoms with Crippen molar-refractivity contribution in [1.82, 2.24) is 9.47 Å². The van der Waals surface area contributed by atoms with Crippen LogP contribution >= 0.6 is 0 Å². The molecule has 1 fully saturated rings. The van der Waals surface area contributed by atoms with Gasteiger partial charge in [-0.25, -0.2) is 0 Å².